The minimum Gasteiger partial charge on any atom is -0.394 e. The van der Waals surface area contributed by atoms with Crippen LogP contribution in [-0.4, -0.2) is 33.9 Å². The Labute approximate surface area is 82.2 Å². The number of hydrogen-bond donors (Lipinski definition) is 2. The fourth-order valence-corrected chi connectivity index (χ4v) is 0.971. The van der Waals surface area contributed by atoms with E-state index in [1.165, 1.54) is 12.4 Å². The lowest BCUT2D eigenvalue weighted by Crippen LogP contribution is -2.36. The molecule has 1 heterocycles. The van der Waals surface area contributed by atoms with Crippen LogP contribution in [0.2, 0.25) is 0 Å². The summed E-state index contributed by atoms with van der Waals surface area (Å²) in [5, 5.41) is 18.7. The monoisotopic (exact) mass is 195 g/mol. The predicted molar refractivity (Wildman–Crippen MR) is 50.7 cm³/mol. The molecule has 14 heavy (non-hydrogen) atoms. The SMILES string of the molecule is CC[C@H](CO)NC(=O)c1ccnnc1. The number of carbonyl (C=O) groups is 1. The van der Waals surface area contributed by atoms with Gasteiger partial charge in [-0.05, 0) is 12.5 Å². The van der Waals surface area contributed by atoms with Gasteiger partial charge in [0.1, 0.15) is 0 Å². The number of nitrogens with zero attached hydrogens (tertiary/aromatic N) is 2. The van der Waals surface area contributed by atoms with Gasteiger partial charge in [-0.3, -0.25) is 4.79 Å². The molecule has 0 aliphatic carbocycles. The number of aliphatic hydroxyl groups is 1. The van der Waals surface area contributed by atoms with Gasteiger partial charge in [0.15, 0.2) is 0 Å². The molecule has 0 fully saturated rings. The van der Waals surface area contributed by atoms with Crippen molar-refractivity contribution in [3.05, 3.63) is 24.0 Å². The maximum atomic E-state index is 11.5. The van der Waals surface area contributed by atoms with Crippen molar-refractivity contribution in [2.75, 3.05) is 6.61 Å². The smallest absolute Gasteiger partial charge is 0.253 e. The third-order valence-electron chi connectivity index (χ3n) is 1.89. The Morgan fingerprint density at radius 2 is 2.43 bits per heavy atom. The molecule has 0 saturated heterocycles. The van der Waals surface area contributed by atoms with Gasteiger partial charge < -0.3 is 10.4 Å². The van der Waals surface area contributed by atoms with Crippen LogP contribution in [0.15, 0.2) is 18.5 Å². The van der Waals surface area contributed by atoms with E-state index >= 15 is 0 Å². The molecule has 76 valence electrons. The largest absolute Gasteiger partial charge is 0.394 e. The zero-order valence-corrected chi connectivity index (χ0v) is 7.97. The van der Waals surface area contributed by atoms with Crippen LogP contribution in [0.5, 0.6) is 0 Å². The fourth-order valence-electron chi connectivity index (χ4n) is 0.971. The number of aliphatic hydroxyl groups excluding tert-OH is 1. The number of carbonyl (C=O) groups excluding carboxylic acids is 1. The highest BCUT2D eigenvalue weighted by Gasteiger charge is 2.10. The predicted octanol–water partition coefficient (Wildman–Crippen LogP) is -0.0227. The van der Waals surface area contributed by atoms with E-state index in [0.717, 1.165) is 0 Å². The van der Waals surface area contributed by atoms with Crippen LogP contribution in [0.4, 0.5) is 0 Å². The van der Waals surface area contributed by atoms with Gasteiger partial charge in [0.2, 0.25) is 0 Å². The van der Waals surface area contributed by atoms with Gasteiger partial charge in [0.05, 0.1) is 30.6 Å². The van der Waals surface area contributed by atoms with Gasteiger partial charge in [0.25, 0.3) is 5.91 Å². The first kappa shape index (κ1) is 10.6. The lowest BCUT2D eigenvalue weighted by molar-refractivity contribution is 0.0914. The zero-order chi connectivity index (χ0) is 10.4. The molecule has 1 amide bonds. The Morgan fingerprint density at radius 1 is 1.64 bits per heavy atom. The molecule has 0 aromatic carbocycles. The molecule has 0 aliphatic rings. The van der Waals surface area contributed by atoms with Gasteiger partial charge in [-0.25, -0.2) is 0 Å². The topological polar surface area (TPSA) is 75.1 Å². The first-order chi connectivity index (χ1) is 6.77. The second-order valence-corrected chi connectivity index (χ2v) is 2.89. The summed E-state index contributed by atoms with van der Waals surface area (Å²) in [6, 6.07) is 1.38. The number of rotatable bonds is 4. The Hall–Kier alpha value is -1.49. The summed E-state index contributed by atoms with van der Waals surface area (Å²) in [6.45, 7) is 1.84. The lowest BCUT2D eigenvalue weighted by atomic mass is 10.2. The molecular formula is C9H13N3O2. The lowest BCUT2D eigenvalue weighted by Gasteiger charge is -2.13. The molecule has 2 N–H and O–H groups in total. The molecule has 1 rings (SSSR count). The molecule has 5 heteroatoms. The summed E-state index contributed by atoms with van der Waals surface area (Å²) in [5.41, 5.74) is 0.451. The van der Waals surface area contributed by atoms with Gasteiger partial charge in [-0.2, -0.15) is 10.2 Å². The van der Waals surface area contributed by atoms with E-state index in [0.29, 0.717) is 12.0 Å². The van der Waals surface area contributed by atoms with E-state index < -0.39 is 0 Å². The van der Waals surface area contributed by atoms with Crippen LogP contribution >= 0.6 is 0 Å². The second kappa shape index (κ2) is 5.29. The standard InChI is InChI=1S/C9H13N3O2/c1-2-8(6-13)12-9(14)7-3-4-10-11-5-7/h3-5,8,13H,2,6H2,1H3,(H,12,14)/t8-/m1/s1. The van der Waals surface area contributed by atoms with Crippen LogP contribution in [0.3, 0.4) is 0 Å². The summed E-state index contributed by atoms with van der Waals surface area (Å²) in [6.07, 6.45) is 3.54. The highest BCUT2D eigenvalue weighted by atomic mass is 16.3. The highest BCUT2D eigenvalue weighted by molar-refractivity contribution is 5.93. The van der Waals surface area contributed by atoms with Crippen molar-refractivity contribution < 1.29 is 9.90 Å². The van der Waals surface area contributed by atoms with E-state index in [-0.39, 0.29) is 18.6 Å². The summed E-state index contributed by atoms with van der Waals surface area (Å²) >= 11 is 0. The van der Waals surface area contributed by atoms with Crippen LogP contribution in [0, 0.1) is 0 Å². The number of aromatic nitrogens is 2. The first-order valence-electron chi connectivity index (χ1n) is 4.46. The highest BCUT2D eigenvalue weighted by Crippen LogP contribution is 1.96. The average Bonchev–Trinajstić information content (AvgIpc) is 2.26. The minimum atomic E-state index is -0.235. The fraction of sp³-hybridized carbons (Fsp3) is 0.444. The van der Waals surface area contributed by atoms with E-state index in [4.69, 9.17) is 5.11 Å². The van der Waals surface area contributed by atoms with E-state index in [9.17, 15) is 4.79 Å². The van der Waals surface area contributed by atoms with Crippen molar-refractivity contribution in [2.24, 2.45) is 0 Å². The Balaban J connectivity index is 2.59. The molecule has 0 radical (unpaired) electrons. The van der Waals surface area contributed by atoms with E-state index in [1.807, 2.05) is 6.92 Å². The average molecular weight is 195 g/mol. The molecule has 0 spiro atoms. The Morgan fingerprint density at radius 3 is 2.93 bits per heavy atom. The van der Waals surface area contributed by atoms with Crippen LogP contribution < -0.4 is 5.32 Å². The molecule has 0 saturated carbocycles. The molecular weight excluding hydrogens is 182 g/mol. The summed E-state index contributed by atoms with van der Waals surface area (Å²) in [5.74, 6) is -0.235. The van der Waals surface area contributed by atoms with Gasteiger partial charge in [0, 0.05) is 0 Å². The number of hydrogen-bond acceptors (Lipinski definition) is 4. The van der Waals surface area contributed by atoms with Crippen molar-refractivity contribution in [1.82, 2.24) is 15.5 Å². The summed E-state index contributed by atoms with van der Waals surface area (Å²) in [7, 11) is 0. The maximum absolute atomic E-state index is 11.5. The first-order valence-corrected chi connectivity index (χ1v) is 4.46. The van der Waals surface area contributed by atoms with Crippen molar-refractivity contribution in [2.45, 2.75) is 19.4 Å². The molecule has 1 aromatic heterocycles. The normalized spacial score (nSPS) is 12.1. The third-order valence-corrected chi connectivity index (χ3v) is 1.89. The zero-order valence-electron chi connectivity index (χ0n) is 7.97. The summed E-state index contributed by atoms with van der Waals surface area (Å²) < 4.78 is 0. The molecule has 1 aromatic rings. The van der Waals surface area contributed by atoms with Crippen molar-refractivity contribution in [3.63, 3.8) is 0 Å². The van der Waals surface area contributed by atoms with Crippen LogP contribution in [0.25, 0.3) is 0 Å². The summed E-state index contributed by atoms with van der Waals surface area (Å²) in [4.78, 5) is 11.5. The minimum absolute atomic E-state index is 0.0548. The molecule has 0 bridgehead atoms. The molecule has 0 aliphatic heterocycles. The van der Waals surface area contributed by atoms with Gasteiger partial charge in [-0.1, -0.05) is 6.92 Å². The van der Waals surface area contributed by atoms with E-state index in [1.54, 1.807) is 6.07 Å². The van der Waals surface area contributed by atoms with Crippen molar-refractivity contribution in [3.8, 4) is 0 Å². The number of amides is 1. The third kappa shape index (κ3) is 2.77. The van der Waals surface area contributed by atoms with E-state index in [2.05, 4.69) is 15.5 Å². The maximum Gasteiger partial charge on any atom is 0.253 e. The molecule has 0 unspecified atom stereocenters. The van der Waals surface area contributed by atoms with Gasteiger partial charge >= 0.3 is 0 Å². The van der Waals surface area contributed by atoms with Crippen molar-refractivity contribution >= 4 is 5.91 Å². The quantitative estimate of drug-likeness (QED) is 0.707. The van der Waals surface area contributed by atoms with Crippen LogP contribution in [-0.2, 0) is 0 Å². The number of nitrogens with one attached hydrogen (secondary N) is 1. The van der Waals surface area contributed by atoms with Gasteiger partial charge in [-0.15, -0.1) is 0 Å². The molecule has 5 nitrogen and oxygen atoms in total. The second-order valence-electron chi connectivity index (χ2n) is 2.89. The Bertz CT molecular complexity index is 285. The Kier molecular flexibility index (Phi) is 4.00. The van der Waals surface area contributed by atoms with Crippen LogP contribution in [0.1, 0.15) is 23.7 Å². The molecule has 1 atom stereocenters. The van der Waals surface area contributed by atoms with Crippen molar-refractivity contribution in [1.29, 1.82) is 0 Å².